The Morgan fingerprint density at radius 1 is 1.39 bits per heavy atom. The monoisotopic (exact) mass is 279 g/mol. The maximum atomic E-state index is 11.8. The van der Waals surface area contributed by atoms with E-state index in [1.54, 1.807) is 11.3 Å². The van der Waals surface area contributed by atoms with Gasteiger partial charge in [-0.25, -0.2) is 0 Å². The molecule has 0 spiro atoms. The van der Waals surface area contributed by atoms with Crippen LogP contribution in [0.1, 0.15) is 23.4 Å². The Bertz CT molecular complexity index is 524. The molecule has 2 aromatic rings. The summed E-state index contributed by atoms with van der Waals surface area (Å²) in [5.41, 5.74) is 1.02. The van der Waals surface area contributed by atoms with E-state index < -0.39 is 0 Å². The summed E-state index contributed by atoms with van der Waals surface area (Å²) in [6.07, 6.45) is 0.433. The van der Waals surface area contributed by atoms with Crippen molar-refractivity contribution in [3.05, 3.63) is 57.2 Å². The van der Waals surface area contributed by atoms with Gasteiger partial charge in [0.1, 0.15) is 0 Å². The molecule has 0 aliphatic carbocycles. The highest BCUT2D eigenvalue weighted by Crippen LogP contribution is 2.17. The number of hydrogen-bond donors (Lipinski definition) is 1. The summed E-state index contributed by atoms with van der Waals surface area (Å²) in [6.45, 7) is 1.96. The third-order valence-corrected chi connectivity index (χ3v) is 3.75. The van der Waals surface area contributed by atoms with E-state index in [1.807, 2.05) is 48.7 Å². The SMILES string of the molecule is CC(NC(=O)Cc1cccs1)c1cccc(Cl)c1. The molecule has 94 valence electrons. The zero-order chi connectivity index (χ0) is 13.0. The molecule has 1 N–H and O–H groups in total. The highest BCUT2D eigenvalue weighted by Gasteiger charge is 2.10. The van der Waals surface area contributed by atoms with Crippen molar-refractivity contribution in [2.24, 2.45) is 0 Å². The van der Waals surface area contributed by atoms with Gasteiger partial charge < -0.3 is 5.32 Å². The Hall–Kier alpha value is -1.32. The number of carbonyl (C=O) groups is 1. The average Bonchev–Trinajstić information content (AvgIpc) is 2.81. The van der Waals surface area contributed by atoms with Crippen LogP contribution >= 0.6 is 22.9 Å². The average molecular weight is 280 g/mol. The molecule has 1 atom stereocenters. The molecule has 0 saturated heterocycles. The van der Waals surface area contributed by atoms with Crippen LogP contribution in [0.25, 0.3) is 0 Å². The van der Waals surface area contributed by atoms with E-state index in [0.29, 0.717) is 11.4 Å². The Labute approximate surface area is 116 Å². The summed E-state index contributed by atoms with van der Waals surface area (Å²) >= 11 is 7.52. The first-order valence-electron chi connectivity index (χ1n) is 5.72. The van der Waals surface area contributed by atoms with E-state index in [9.17, 15) is 4.79 Å². The summed E-state index contributed by atoms with van der Waals surface area (Å²) < 4.78 is 0. The lowest BCUT2D eigenvalue weighted by Gasteiger charge is -2.14. The van der Waals surface area contributed by atoms with Crippen LogP contribution in [0.5, 0.6) is 0 Å². The third-order valence-electron chi connectivity index (χ3n) is 2.64. The van der Waals surface area contributed by atoms with Gasteiger partial charge in [0, 0.05) is 9.90 Å². The van der Waals surface area contributed by atoms with Crippen molar-refractivity contribution in [3.8, 4) is 0 Å². The molecule has 18 heavy (non-hydrogen) atoms. The molecular formula is C14H14ClNOS. The largest absolute Gasteiger partial charge is 0.349 e. The minimum absolute atomic E-state index is 0.0313. The molecule has 0 aliphatic rings. The first kappa shape index (κ1) is 13.1. The van der Waals surface area contributed by atoms with Crippen LogP contribution < -0.4 is 5.32 Å². The summed E-state index contributed by atoms with van der Waals surface area (Å²) in [7, 11) is 0. The van der Waals surface area contributed by atoms with Crippen molar-refractivity contribution in [1.29, 1.82) is 0 Å². The Kier molecular flexibility index (Phi) is 4.39. The Morgan fingerprint density at radius 3 is 2.89 bits per heavy atom. The maximum Gasteiger partial charge on any atom is 0.225 e. The molecule has 1 heterocycles. The number of amides is 1. The summed E-state index contributed by atoms with van der Waals surface area (Å²) in [6, 6.07) is 11.4. The number of thiophene rings is 1. The van der Waals surface area contributed by atoms with Gasteiger partial charge in [0.2, 0.25) is 5.91 Å². The minimum atomic E-state index is -0.0313. The Balaban J connectivity index is 1.95. The molecule has 1 unspecified atom stereocenters. The molecule has 0 radical (unpaired) electrons. The molecule has 1 aromatic heterocycles. The van der Waals surface area contributed by atoms with Crippen LogP contribution in [0.15, 0.2) is 41.8 Å². The number of halogens is 1. The van der Waals surface area contributed by atoms with Crippen molar-refractivity contribution < 1.29 is 4.79 Å². The number of nitrogens with one attached hydrogen (secondary N) is 1. The van der Waals surface area contributed by atoms with Crippen LogP contribution in [-0.2, 0) is 11.2 Å². The van der Waals surface area contributed by atoms with Crippen LogP contribution in [0.2, 0.25) is 5.02 Å². The molecule has 4 heteroatoms. The van der Waals surface area contributed by atoms with E-state index in [4.69, 9.17) is 11.6 Å². The lowest BCUT2D eigenvalue weighted by molar-refractivity contribution is -0.121. The van der Waals surface area contributed by atoms with E-state index in [-0.39, 0.29) is 11.9 Å². The summed E-state index contributed by atoms with van der Waals surface area (Å²) in [4.78, 5) is 12.9. The van der Waals surface area contributed by atoms with Gasteiger partial charge in [-0.2, -0.15) is 0 Å². The smallest absolute Gasteiger partial charge is 0.225 e. The zero-order valence-corrected chi connectivity index (χ0v) is 11.6. The second kappa shape index (κ2) is 6.03. The number of rotatable bonds is 4. The fraction of sp³-hybridized carbons (Fsp3) is 0.214. The lowest BCUT2D eigenvalue weighted by atomic mass is 10.1. The highest BCUT2D eigenvalue weighted by atomic mass is 35.5. The second-order valence-electron chi connectivity index (χ2n) is 4.10. The van der Waals surface area contributed by atoms with Crippen LogP contribution in [0.3, 0.4) is 0 Å². The summed E-state index contributed by atoms with van der Waals surface area (Å²) in [5, 5.41) is 5.63. The van der Waals surface area contributed by atoms with Gasteiger partial charge in [-0.15, -0.1) is 11.3 Å². The zero-order valence-electron chi connectivity index (χ0n) is 10.0. The van der Waals surface area contributed by atoms with Gasteiger partial charge >= 0.3 is 0 Å². The fourth-order valence-electron chi connectivity index (χ4n) is 1.72. The van der Waals surface area contributed by atoms with Crippen molar-refractivity contribution in [3.63, 3.8) is 0 Å². The maximum absolute atomic E-state index is 11.8. The van der Waals surface area contributed by atoms with Crippen molar-refractivity contribution >= 4 is 28.8 Å². The molecule has 0 aliphatic heterocycles. The van der Waals surface area contributed by atoms with Gasteiger partial charge in [-0.05, 0) is 36.1 Å². The molecular weight excluding hydrogens is 266 g/mol. The first-order chi connectivity index (χ1) is 8.65. The molecule has 2 nitrogen and oxygen atoms in total. The quantitative estimate of drug-likeness (QED) is 0.906. The van der Waals surface area contributed by atoms with Crippen molar-refractivity contribution in [2.45, 2.75) is 19.4 Å². The number of hydrogen-bond acceptors (Lipinski definition) is 2. The van der Waals surface area contributed by atoms with E-state index >= 15 is 0 Å². The van der Waals surface area contributed by atoms with Gasteiger partial charge in [-0.3, -0.25) is 4.79 Å². The third kappa shape index (κ3) is 3.59. The van der Waals surface area contributed by atoms with Gasteiger partial charge in [-0.1, -0.05) is 29.8 Å². The van der Waals surface area contributed by atoms with Crippen LogP contribution in [-0.4, -0.2) is 5.91 Å². The van der Waals surface area contributed by atoms with E-state index in [1.165, 1.54) is 0 Å². The van der Waals surface area contributed by atoms with Gasteiger partial charge in [0.15, 0.2) is 0 Å². The molecule has 0 bridgehead atoms. The van der Waals surface area contributed by atoms with Crippen LogP contribution in [0.4, 0.5) is 0 Å². The second-order valence-corrected chi connectivity index (χ2v) is 5.57. The highest BCUT2D eigenvalue weighted by molar-refractivity contribution is 7.10. The predicted octanol–water partition coefficient (Wildman–Crippen LogP) is 3.82. The topological polar surface area (TPSA) is 29.1 Å². The van der Waals surface area contributed by atoms with Gasteiger partial charge in [0.05, 0.1) is 12.5 Å². The Morgan fingerprint density at radius 2 is 2.22 bits per heavy atom. The minimum Gasteiger partial charge on any atom is -0.349 e. The lowest BCUT2D eigenvalue weighted by Crippen LogP contribution is -2.27. The van der Waals surface area contributed by atoms with E-state index in [2.05, 4.69) is 5.32 Å². The molecule has 1 amide bonds. The van der Waals surface area contributed by atoms with Crippen LogP contribution in [0, 0.1) is 0 Å². The summed E-state index contributed by atoms with van der Waals surface area (Å²) in [5.74, 6) is 0.0323. The fourth-order valence-corrected chi connectivity index (χ4v) is 2.63. The van der Waals surface area contributed by atoms with Crippen molar-refractivity contribution in [1.82, 2.24) is 5.32 Å². The number of benzene rings is 1. The molecule has 1 aromatic carbocycles. The van der Waals surface area contributed by atoms with Gasteiger partial charge in [0.25, 0.3) is 0 Å². The molecule has 0 saturated carbocycles. The van der Waals surface area contributed by atoms with E-state index in [0.717, 1.165) is 10.4 Å². The predicted molar refractivity (Wildman–Crippen MR) is 76.0 cm³/mol. The molecule has 2 rings (SSSR count). The number of carbonyl (C=O) groups excluding carboxylic acids is 1. The standard InChI is InChI=1S/C14H14ClNOS/c1-10(11-4-2-5-12(15)8-11)16-14(17)9-13-6-3-7-18-13/h2-8,10H,9H2,1H3,(H,16,17). The van der Waals surface area contributed by atoms with Crippen molar-refractivity contribution in [2.75, 3.05) is 0 Å². The first-order valence-corrected chi connectivity index (χ1v) is 6.98. The normalized spacial score (nSPS) is 12.1. The molecule has 0 fully saturated rings.